The first-order valence-electron chi connectivity index (χ1n) is 6.10. The molecular formula is C12H14F2N2O3S. The first-order valence-corrected chi connectivity index (χ1v) is 7.54. The summed E-state index contributed by atoms with van der Waals surface area (Å²) < 4.78 is 52.2. The highest BCUT2D eigenvalue weighted by atomic mass is 32.2. The van der Waals surface area contributed by atoms with Crippen molar-refractivity contribution in [3.8, 4) is 0 Å². The number of hydrogen-bond donors (Lipinski definition) is 1. The van der Waals surface area contributed by atoms with Gasteiger partial charge in [0.2, 0.25) is 15.9 Å². The Morgan fingerprint density at radius 3 is 2.60 bits per heavy atom. The Hall–Kier alpha value is -1.54. The van der Waals surface area contributed by atoms with E-state index in [1.165, 1.54) is 0 Å². The zero-order valence-corrected chi connectivity index (χ0v) is 11.4. The fraction of sp³-hybridized carbons (Fsp3) is 0.417. The Morgan fingerprint density at radius 1 is 1.30 bits per heavy atom. The number of piperidine rings is 1. The predicted molar refractivity (Wildman–Crippen MR) is 67.1 cm³/mol. The largest absolute Gasteiger partial charge is 0.368 e. The van der Waals surface area contributed by atoms with E-state index in [0.717, 1.165) is 16.4 Å². The summed E-state index contributed by atoms with van der Waals surface area (Å²) in [5.41, 5.74) is 5.20. The number of rotatable bonds is 3. The van der Waals surface area contributed by atoms with Crippen molar-refractivity contribution < 1.29 is 22.0 Å². The van der Waals surface area contributed by atoms with Crippen molar-refractivity contribution in [1.82, 2.24) is 4.31 Å². The Bertz CT molecular complexity index is 634. The summed E-state index contributed by atoms with van der Waals surface area (Å²) in [5, 5.41) is 0. The number of nitrogens with zero attached hydrogens (tertiary/aromatic N) is 1. The van der Waals surface area contributed by atoms with Gasteiger partial charge in [-0.15, -0.1) is 0 Å². The molecule has 1 saturated heterocycles. The molecule has 1 aliphatic heterocycles. The minimum Gasteiger partial charge on any atom is -0.368 e. The fourth-order valence-electron chi connectivity index (χ4n) is 2.29. The van der Waals surface area contributed by atoms with Crippen molar-refractivity contribution in [2.45, 2.75) is 30.2 Å². The van der Waals surface area contributed by atoms with Crippen LogP contribution < -0.4 is 5.73 Å². The SMILES string of the molecule is NC(=O)[C@H]1CCCCN1S(=O)(=O)c1ccc(F)cc1F. The van der Waals surface area contributed by atoms with Gasteiger partial charge in [0.15, 0.2) is 0 Å². The molecule has 1 amide bonds. The van der Waals surface area contributed by atoms with Crippen molar-refractivity contribution in [2.75, 3.05) is 6.54 Å². The minimum absolute atomic E-state index is 0.0900. The van der Waals surface area contributed by atoms with Crippen molar-refractivity contribution in [2.24, 2.45) is 5.73 Å². The van der Waals surface area contributed by atoms with Gasteiger partial charge in [-0.3, -0.25) is 4.79 Å². The molecule has 20 heavy (non-hydrogen) atoms. The fourth-order valence-corrected chi connectivity index (χ4v) is 4.00. The molecule has 110 valence electrons. The lowest BCUT2D eigenvalue weighted by atomic mass is 10.0. The number of nitrogens with two attached hydrogens (primary N) is 1. The van der Waals surface area contributed by atoms with Crippen LogP contribution in [-0.2, 0) is 14.8 Å². The minimum atomic E-state index is -4.21. The lowest BCUT2D eigenvalue weighted by Gasteiger charge is -2.32. The number of carbonyl (C=O) groups excluding carboxylic acids is 1. The molecule has 1 aliphatic rings. The monoisotopic (exact) mass is 304 g/mol. The number of sulfonamides is 1. The Kier molecular flexibility index (Phi) is 4.05. The maximum absolute atomic E-state index is 13.7. The summed E-state index contributed by atoms with van der Waals surface area (Å²) in [5.74, 6) is -2.82. The van der Waals surface area contributed by atoms with Crippen LogP contribution in [0.3, 0.4) is 0 Å². The summed E-state index contributed by atoms with van der Waals surface area (Å²) in [6.45, 7) is 0.0900. The normalized spacial score (nSPS) is 20.8. The summed E-state index contributed by atoms with van der Waals surface area (Å²) >= 11 is 0. The Morgan fingerprint density at radius 2 is 2.00 bits per heavy atom. The van der Waals surface area contributed by atoms with E-state index in [4.69, 9.17) is 5.73 Å². The summed E-state index contributed by atoms with van der Waals surface area (Å²) in [6, 6.07) is 1.22. The highest BCUT2D eigenvalue weighted by molar-refractivity contribution is 7.89. The third-order valence-corrected chi connectivity index (χ3v) is 5.20. The van der Waals surface area contributed by atoms with Crippen LogP contribution in [0.1, 0.15) is 19.3 Å². The molecule has 0 unspecified atom stereocenters. The average molecular weight is 304 g/mol. The third-order valence-electron chi connectivity index (χ3n) is 3.26. The van der Waals surface area contributed by atoms with Crippen molar-refractivity contribution in [3.05, 3.63) is 29.8 Å². The molecule has 0 radical (unpaired) electrons. The standard InChI is InChI=1S/C12H14F2N2O3S/c13-8-4-5-11(9(14)7-8)20(18,19)16-6-2-1-3-10(16)12(15)17/h4-5,7,10H,1-3,6H2,(H2,15,17)/t10-/m1/s1. The molecule has 1 aromatic rings. The Labute approximate surface area is 115 Å². The molecule has 1 fully saturated rings. The molecule has 1 heterocycles. The first-order chi connectivity index (χ1) is 9.34. The van der Waals surface area contributed by atoms with E-state index >= 15 is 0 Å². The second-order valence-electron chi connectivity index (χ2n) is 4.60. The molecule has 8 heteroatoms. The Balaban J connectivity index is 2.45. The zero-order valence-electron chi connectivity index (χ0n) is 10.6. The number of amides is 1. The highest BCUT2D eigenvalue weighted by Gasteiger charge is 2.37. The molecule has 5 nitrogen and oxygen atoms in total. The van der Waals surface area contributed by atoms with Crippen LogP contribution in [0, 0.1) is 11.6 Å². The van der Waals surface area contributed by atoms with Gasteiger partial charge in [0, 0.05) is 12.6 Å². The number of halogens is 2. The lowest BCUT2D eigenvalue weighted by molar-refractivity contribution is -0.122. The molecule has 0 spiro atoms. The van der Waals surface area contributed by atoms with E-state index in [1.54, 1.807) is 0 Å². The van der Waals surface area contributed by atoms with Gasteiger partial charge in [-0.2, -0.15) is 4.31 Å². The molecule has 0 aromatic heterocycles. The van der Waals surface area contributed by atoms with Gasteiger partial charge in [-0.05, 0) is 25.0 Å². The van der Waals surface area contributed by atoms with E-state index in [1.807, 2.05) is 0 Å². The van der Waals surface area contributed by atoms with E-state index in [9.17, 15) is 22.0 Å². The zero-order chi connectivity index (χ0) is 14.9. The number of benzene rings is 1. The second-order valence-corrected chi connectivity index (χ2v) is 6.46. The number of carbonyl (C=O) groups is 1. The number of hydrogen-bond acceptors (Lipinski definition) is 3. The van der Waals surface area contributed by atoms with E-state index in [0.29, 0.717) is 25.3 Å². The molecule has 1 atom stereocenters. The van der Waals surface area contributed by atoms with Crippen molar-refractivity contribution >= 4 is 15.9 Å². The maximum Gasteiger partial charge on any atom is 0.246 e. The first kappa shape index (κ1) is 14.9. The van der Waals surface area contributed by atoms with Gasteiger partial charge in [0.05, 0.1) is 0 Å². The van der Waals surface area contributed by atoms with Gasteiger partial charge in [0.1, 0.15) is 22.6 Å². The van der Waals surface area contributed by atoms with Crippen LogP contribution in [0.25, 0.3) is 0 Å². The molecule has 0 aliphatic carbocycles. The van der Waals surface area contributed by atoms with E-state index in [2.05, 4.69) is 0 Å². The van der Waals surface area contributed by atoms with Crippen LogP contribution >= 0.6 is 0 Å². The maximum atomic E-state index is 13.7. The molecule has 2 N–H and O–H groups in total. The van der Waals surface area contributed by atoms with Crippen LogP contribution in [0.5, 0.6) is 0 Å². The van der Waals surface area contributed by atoms with Gasteiger partial charge in [0.25, 0.3) is 0 Å². The third kappa shape index (κ3) is 2.66. The van der Waals surface area contributed by atoms with Crippen LogP contribution in [0.4, 0.5) is 8.78 Å². The number of primary amides is 1. The van der Waals surface area contributed by atoms with Crippen LogP contribution in [0.15, 0.2) is 23.1 Å². The van der Waals surface area contributed by atoms with Crippen molar-refractivity contribution in [3.63, 3.8) is 0 Å². The predicted octanol–water partition coefficient (Wildman–Crippen LogP) is 0.993. The topological polar surface area (TPSA) is 80.5 Å². The summed E-state index contributed by atoms with van der Waals surface area (Å²) in [6.07, 6.45) is 1.54. The highest BCUT2D eigenvalue weighted by Crippen LogP contribution is 2.27. The van der Waals surface area contributed by atoms with Gasteiger partial charge in [-0.25, -0.2) is 17.2 Å². The van der Waals surface area contributed by atoms with Gasteiger partial charge >= 0.3 is 0 Å². The summed E-state index contributed by atoms with van der Waals surface area (Å²) in [7, 11) is -4.21. The average Bonchev–Trinajstić information content (AvgIpc) is 2.38. The molecule has 2 rings (SSSR count). The molecular weight excluding hydrogens is 290 g/mol. The van der Waals surface area contributed by atoms with E-state index in [-0.39, 0.29) is 6.54 Å². The second kappa shape index (κ2) is 5.45. The lowest BCUT2D eigenvalue weighted by Crippen LogP contribution is -2.50. The van der Waals surface area contributed by atoms with Crippen LogP contribution in [0.2, 0.25) is 0 Å². The molecule has 1 aromatic carbocycles. The van der Waals surface area contributed by atoms with Gasteiger partial charge in [-0.1, -0.05) is 6.42 Å². The van der Waals surface area contributed by atoms with Crippen molar-refractivity contribution in [1.29, 1.82) is 0 Å². The smallest absolute Gasteiger partial charge is 0.246 e. The molecule has 0 bridgehead atoms. The van der Waals surface area contributed by atoms with E-state index < -0.39 is 38.5 Å². The van der Waals surface area contributed by atoms with Crippen LogP contribution in [-0.4, -0.2) is 31.2 Å². The molecule has 0 saturated carbocycles. The quantitative estimate of drug-likeness (QED) is 0.904. The summed E-state index contributed by atoms with van der Waals surface area (Å²) in [4.78, 5) is 10.7. The van der Waals surface area contributed by atoms with Gasteiger partial charge < -0.3 is 5.73 Å².